The fraction of sp³-hybridized carbons (Fsp3) is 0.686. The van der Waals surface area contributed by atoms with Gasteiger partial charge in [-0.3, -0.25) is 19.5 Å². The molecule has 4 fully saturated rings. The summed E-state index contributed by atoms with van der Waals surface area (Å²) in [5.41, 5.74) is 0.0216. The van der Waals surface area contributed by atoms with Gasteiger partial charge in [-0.15, -0.1) is 0 Å². The zero-order valence-electron chi connectivity index (χ0n) is 26.8. The van der Waals surface area contributed by atoms with Gasteiger partial charge in [-0.05, 0) is 96.6 Å². The average Bonchev–Trinajstić information content (AvgIpc) is 2.96. The number of aromatic nitrogens is 2. The molecule has 3 unspecified atom stereocenters. The van der Waals surface area contributed by atoms with Crippen LogP contribution in [0, 0.1) is 11.8 Å². The maximum absolute atomic E-state index is 14.4. The van der Waals surface area contributed by atoms with E-state index in [1.807, 2.05) is 28.8 Å². The molecule has 6 rings (SSSR count). The summed E-state index contributed by atoms with van der Waals surface area (Å²) in [5, 5.41) is 0. The Balaban J connectivity index is 1.35. The van der Waals surface area contributed by atoms with Crippen LogP contribution in [0.4, 0.5) is 0 Å². The molecule has 9 heteroatoms. The van der Waals surface area contributed by atoms with Gasteiger partial charge in [-0.2, -0.15) is 0 Å². The zero-order chi connectivity index (χ0) is 31.0. The predicted octanol–water partition coefficient (Wildman–Crippen LogP) is 5.62. The van der Waals surface area contributed by atoms with Crippen molar-refractivity contribution in [2.24, 2.45) is 16.8 Å². The van der Waals surface area contributed by atoms with Crippen molar-refractivity contribution in [2.45, 2.75) is 128 Å². The molecule has 0 spiro atoms. The van der Waals surface area contributed by atoms with Gasteiger partial charge in [-0.25, -0.2) is 9.78 Å². The Morgan fingerprint density at radius 2 is 1.57 bits per heavy atom. The lowest BCUT2D eigenvalue weighted by atomic mass is 9.68. The number of rotatable bonds is 7. The molecule has 2 aliphatic heterocycles. The Morgan fingerprint density at radius 3 is 2.23 bits per heavy atom. The lowest BCUT2D eigenvalue weighted by Gasteiger charge is -2.55. The molecule has 5 atom stereocenters. The summed E-state index contributed by atoms with van der Waals surface area (Å²) < 4.78 is 12.6. The van der Waals surface area contributed by atoms with Gasteiger partial charge in [0.15, 0.2) is 11.4 Å². The third-order valence-electron chi connectivity index (χ3n) is 10.2. The number of carbonyl (C=O) groups excluding carboxylic acids is 2. The van der Waals surface area contributed by atoms with E-state index in [0.29, 0.717) is 23.6 Å². The van der Waals surface area contributed by atoms with Gasteiger partial charge in [0, 0.05) is 24.2 Å². The van der Waals surface area contributed by atoms with Crippen LogP contribution in [0.25, 0.3) is 11.0 Å². The monoisotopic (exact) mass is 604 g/mol. The fourth-order valence-electron chi connectivity index (χ4n) is 8.76. The molecule has 0 radical (unpaired) electrons. The summed E-state index contributed by atoms with van der Waals surface area (Å²) in [6.07, 6.45) is 13.6. The number of nitrogens with zero attached hydrogens (tertiary/aromatic N) is 4. The quantitative estimate of drug-likeness (QED) is 0.299. The highest BCUT2D eigenvalue weighted by molar-refractivity contribution is 6.42. The largest absolute Gasteiger partial charge is 0.461 e. The first-order valence-corrected chi connectivity index (χ1v) is 16.8. The van der Waals surface area contributed by atoms with Crippen molar-refractivity contribution in [3.63, 3.8) is 0 Å². The third-order valence-corrected chi connectivity index (χ3v) is 10.2. The van der Waals surface area contributed by atoms with E-state index >= 15 is 0 Å². The molecule has 3 heterocycles. The molecule has 4 bridgehead atoms. The number of carbonyl (C=O) groups is 2. The number of hydrogen-bond donors (Lipinski definition) is 0. The van der Waals surface area contributed by atoms with Gasteiger partial charge in [0.2, 0.25) is 0 Å². The highest BCUT2D eigenvalue weighted by Crippen LogP contribution is 2.47. The van der Waals surface area contributed by atoms with Crippen molar-refractivity contribution in [3.05, 3.63) is 40.3 Å². The van der Waals surface area contributed by atoms with Crippen LogP contribution in [0.2, 0.25) is 0 Å². The minimum atomic E-state index is -0.767. The van der Waals surface area contributed by atoms with Crippen LogP contribution in [0.1, 0.15) is 110 Å². The molecule has 2 aromatic rings. The second-order valence-corrected chi connectivity index (χ2v) is 14.4. The summed E-state index contributed by atoms with van der Waals surface area (Å²) in [6.45, 7) is 6.70. The first kappa shape index (κ1) is 30.9. The minimum Gasteiger partial charge on any atom is -0.461 e. The Bertz CT molecular complexity index is 1450. The molecule has 0 amide bonds. The highest BCUT2D eigenvalue weighted by Gasteiger charge is 2.45. The number of esters is 2. The van der Waals surface area contributed by atoms with Crippen LogP contribution in [-0.4, -0.2) is 69.0 Å². The molecular formula is C35H48N4O5. The van der Waals surface area contributed by atoms with E-state index in [1.165, 1.54) is 44.9 Å². The molecule has 1 aromatic carbocycles. The number of piperidine rings is 2. The number of aliphatic imine (C=N–C) groups is 1. The maximum Gasteiger partial charge on any atom is 0.358 e. The molecule has 2 aliphatic carbocycles. The van der Waals surface area contributed by atoms with Crippen molar-refractivity contribution in [1.82, 2.24) is 14.5 Å². The van der Waals surface area contributed by atoms with Crippen molar-refractivity contribution < 1.29 is 19.1 Å². The number of hydrogen-bond acceptors (Lipinski definition) is 8. The Morgan fingerprint density at radius 1 is 0.909 bits per heavy atom. The van der Waals surface area contributed by atoms with Gasteiger partial charge in [0.1, 0.15) is 12.1 Å². The van der Waals surface area contributed by atoms with E-state index in [-0.39, 0.29) is 29.6 Å². The first-order valence-electron chi connectivity index (χ1n) is 16.8. The van der Waals surface area contributed by atoms with E-state index in [0.717, 1.165) is 43.0 Å². The molecule has 2 saturated carbocycles. The second-order valence-electron chi connectivity index (χ2n) is 14.4. The summed E-state index contributed by atoms with van der Waals surface area (Å²) in [6, 6.07) is 9.16. The first-order chi connectivity index (χ1) is 21.1. The molecule has 2 saturated heterocycles. The second kappa shape index (κ2) is 12.7. The number of benzene rings is 1. The van der Waals surface area contributed by atoms with Crippen molar-refractivity contribution in [1.29, 1.82) is 0 Å². The fourth-order valence-corrected chi connectivity index (χ4v) is 8.76. The minimum absolute atomic E-state index is 0.0157. The van der Waals surface area contributed by atoms with E-state index in [9.17, 15) is 14.4 Å². The molecule has 44 heavy (non-hydrogen) atoms. The van der Waals surface area contributed by atoms with Gasteiger partial charge in [0.25, 0.3) is 5.56 Å². The maximum atomic E-state index is 14.4. The summed E-state index contributed by atoms with van der Waals surface area (Å²) in [7, 11) is 0. The highest BCUT2D eigenvalue weighted by atomic mass is 16.6. The lowest BCUT2D eigenvalue weighted by Crippen LogP contribution is -2.58. The SMILES string of the molecule is CCOC(=O)C(=NCC(=O)OC(C)(C)C)c1nc2ccccc2n([C@@H]2CC3CCC[C@H](C2)N3C2CC3CCCC(C3)C2)c1=O. The Labute approximate surface area is 260 Å². The van der Waals surface area contributed by atoms with Crippen molar-refractivity contribution >= 4 is 28.7 Å². The number of fused-ring (bicyclic) bond motifs is 5. The van der Waals surface area contributed by atoms with Crippen LogP contribution in [0.15, 0.2) is 34.1 Å². The van der Waals surface area contributed by atoms with Crippen LogP contribution >= 0.6 is 0 Å². The topological polar surface area (TPSA) is 103 Å². The molecule has 4 aliphatic rings. The average molecular weight is 605 g/mol. The molecule has 1 aromatic heterocycles. The molecule has 238 valence electrons. The van der Waals surface area contributed by atoms with Crippen LogP contribution in [0.3, 0.4) is 0 Å². The van der Waals surface area contributed by atoms with Gasteiger partial charge in [-0.1, -0.05) is 37.8 Å². The van der Waals surface area contributed by atoms with E-state index < -0.39 is 24.1 Å². The van der Waals surface area contributed by atoms with Crippen LogP contribution < -0.4 is 5.56 Å². The van der Waals surface area contributed by atoms with Gasteiger partial charge in [0.05, 0.1) is 17.6 Å². The van der Waals surface area contributed by atoms with Crippen LogP contribution in [-0.2, 0) is 19.1 Å². The molecule has 0 N–H and O–H groups in total. The van der Waals surface area contributed by atoms with E-state index in [4.69, 9.17) is 9.47 Å². The van der Waals surface area contributed by atoms with Gasteiger partial charge < -0.3 is 14.0 Å². The van der Waals surface area contributed by atoms with E-state index in [2.05, 4.69) is 14.9 Å². The smallest absolute Gasteiger partial charge is 0.358 e. The Kier molecular flexibility index (Phi) is 8.95. The van der Waals surface area contributed by atoms with Crippen molar-refractivity contribution in [2.75, 3.05) is 13.2 Å². The molecule has 9 nitrogen and oxygen atoms in total. The summed E-state index contributed by atoms with van der Waals surface area (Å²) >= 11 is 0. The number of para-hydroxylation sites is 2. The normalized spacial score (nSPS) is 29.3. The number of ether oxygens (including phenoxy) is 2. The van der Waals surface area contributed by atoms with Crippen molar-refractivity contribution in [3.8, 4) is 0 Å². The van der Waals surface area contributed by atoms with E-state index in [1.54, 1.807) is 27.7 Å². The summed E-state index contributed by atoms with van der Waals surface area (Å²) in [5.74, 6) is 0.396. The van der Waals surface area contributed by atoms with Crippen LogP contribution in [0.5, 0.6) is 0 Å². The summed E-state index contributed by atoms with van der Waals surface area (Å²) in [4.78, 5) is 52.0. The van der Waals surface area contributed by atoms with Gasteiger partial charge >= 0.3 is 11.9 Å². The zero-order valence-corrected chi connectivity index (χ0v) is 26.8. The lowest BCUT2D eigenvalue weighted by molar-refractivity contribution is -0.152. The third kappa shape index (κ3) is 6.49. The predicted molar refractivity (Wildman–Crippen MR) is 170 cm³/mol. The Hall–Kier alpha value is -3.07. The molecular weight excluding hydrogens is 556 g/mol. The standard InChI is InChI=1S/C35H48N4O5/c1-5-43-34(42)32(36-21-30(40)44-35(2,3)4)31-33(41)39(29-15-7-6-14-28(29)37-31)27-19-24-12-9-13-25(20-27)38(24)26-17-22-10-8-11-23(16-22)18-26/h6-7,14-15,22-27H,5,8-13,16-21H2,1-4H3/t22?,23?,24-,25?,26?,27+/m1/s1.